The predicted octanol–water partition coefficient (Wildman–Crippen LogP) is 4.95. The van der Waals surface area contributed by atoms with Crippen molar-refractivity contribution >= 4 is 22.9 Å². The quantitative estimate of drug-likeness (QED) is 0.655. The van der Waals surface area contributed by atoms with E-state index in [1.165, 1.54) is 4.88 Å². The van der Waals surface area contributed by atoms with Crippen LogP contribution in [0.5, 0.6) is 11.5 Å². The SMILES string of the molecule is CCc1sc(C)nc1-c1ccc(C(=O)Nc2ccc(OC)cc2OC)cc1. The minimum Gasteiger partial charge on any atom is -0.497 e. The standard InChI is InChI=1S/C21H22N2O3S/c1-5-19-20(22-13(2)27-19)14-6-8-15(9-7-14)21(24)23-17-11-10-16(25-3)12-18(17)26-4/h6-12H,5H2,1-4H3,(H,23,24). The normalized spacial score (nSPS) is 10.5. The molecule has 3 rings (SSSR count). The number of hydrogen-bond acceptors (Lipinski definition) is 5. The molecular formula is C21H22N2O3S. The monoisotopic (exact) mass is 382 g/mol. The summed E-state index contributed by atoms with van der Waals surface area (Å²) in [5.74, 6) is 1.01. The minimum atomic E-state index is -0.199. The van der Waals surface area contributed by atoms with Crippen molar-refractivity contribution in [1.29, 1.82) is 0 Å². The smallest absolute Gasteiger partial charge is 0.255 e. The highest BCUT2D eigenvalue weighted by Crippen LogP contribution is 2.30. The number of thiazole rings is 1. The van der Waals surface area contributed by atoms with Gasteiger partial charge in [0.1, 0.15) is 11.5 Å². The molecule has 3 aromatic rings. The molecular weight excluding hydrogens is 360 g/mol. The van der Waals surface area contributed by atoms with Crippen molar-refractivity contribution in [3.8, 4) is 22.8 Å². The first kappa shape index (κ1) is 18.9. The van der Waals surface area contributed by atoms with Gasteiger partial charge in [0.15, 0.2) is 0 Å². The number of carbonyl (C=O) groups is 1. The third-order valence-electron chi connectivity index (χ3n) is 4.20. The molecule has 0 aliphatic carbocycles. The largest absolute Gasteiger partial charge is 0.497 e. The van der Waals surface area contributed by atoms with E-state index in [0.717, 1.165) is 22.7 Å². The summed E-state index contributed by atoms with van der Waals surface area (Å²) in [6, 6.07) is 12.8. The number of nitrogens with one attached hydrogen (secondary N) is 1. The average molecular weight is 382 g/mol. The lowest BCUT2D eigenvalue weighted by atomic mass is 10.1. The number of benzene rings is 2. The number of carbonyl (C=O) groups excluding carboxylic acids is 1. The first-order valence-electron chi connectivity index (χ1n) is 8.65. The number of aromatic nitrogens is 1. The van der Waals surface area contributed by atoms with Gasteiger partial charge in [-0.25, -0.2) is 4.98 Å². The summed E-state index contributed by atoms with van der Waals surface area (Å²) in [6.07, 6.45) is 0.945. The third kappa shape index (κ3) is 4.11. The zero-order valence-corrected chi connectivity index (χ0v) is 16.6. The third-order valence-corrected chi connectivity index (χ3v) is 5.32. The Morgan fingerprint density at radius 3 is 2.48 bits per heavy atom. The van der Waals surface area contributed by atoms with E-state index in [1.807, 2.05) is 31.2 Å². The van der Waals surface area contributed by atoms with E-state index in [2.05, 4.69) is 17.2 Å². The first-order chi connectivity index (χ1) is 13.0. The van der Waals surface area contributed by atoms with E-state index >= 15 is 0 Å². The first-order valence-corrected chi connectivity index (χ1v) is 9.47. The summed E-state index contributed by atoms with van der Waals surface area (Å²) < 4.78 is 10.5. The van der Waals surface area contributed by atoms with Crippen LogP contribution in [-0.4, -0.2) is 25.1 Å². The van der Waals surface area contributed by atoms with Gasteiger partial charge < -0.3 is 14.8 Å². The van der Waals surface area contributed by atoms with Crippen LogP contribution in [0.15, 0.2) is 42.5 Å². The topological polar surface area (TPSA) is 60.5 Å². The van der Waals surface area contributed by atoms with Crippen LogP contribution in [0.1, 0.15) is 27.2 Å². The van der Waals surface area contributed by atoms with Crippen LogP contribution in [0, 0.1) is 6.92 Å². The second-order valence-electron chi connectivity index (χ2n) is 5.96. The van der Waals surface area contributed by atoms with E-state index in [9.17, 15) is 4.79 Å². The van der Waals surface area contributed by atoms with Crippen molar-refractivity contribution in [3.05, 3.63) is 57.9 Å². The molecule has 0 aliphatic rings. The average Bonchev–Trinajstić information content (AvgIpc) is 3.09. The van der Waals surface area contributed by atoms with Crippen LogP contribution in [-0.2, 0) is 6.42 Å². The Kier molecular flexibility index (Phi) is 5.76. The molecule has 0 aliphatic heterocycles. The van der Waals surface area contributed by atoms with Gasteiger partial charge in [-0.1, -0.05) is 19.1 Å². The number of methoxy groups -OCH3 is 2. The Morgan fingerprint density at radius 1 is 1.11 bits per heavy atom. The molecule has 1 N–H and O–H groups in total. The highest BCUT2D eigenvalue weighted by molar-refractivity contribution is 7.12. The van der Waals surface area contributed by atoms with Gasteiger partial charge in [0, 0.05) is 22.1 Å². The van der Waals surface area contributed by atoms with E-state index in [1.54, 1.807) is 43.8 Å². The Morgan fingerprint density at radius 2 is 1.85 bits per heavy atom. The van der Waals surface area contributed by atoms with Gasteiger partial charge in [-0.15, -0.1) is 11.3 Å². The molecule has 5 nitrogen and oxygen atoms in total. The Balaban J connectivity index is 1.80. The molecule has 0 unspecified atom stereocenters. The zero-order chi connectivity index (χ0) is 19.4. The molecule has 0 radical (unpaired) electrons. The molecule has 140 valence electrons. The van der Waals surface area contributed by atoms with Crippen LogP contribution in [0.25, 0.3) is 11.3 Å². The summed E-state index contributed by atoms with van der Waals surface area (Å²) in [6.45, 7) is 4.14. The lowest BCUT2D eigenvalue weighted by Crippen LogP contribution is -2.12. The molecule has 1 heterocycles. The fourth-order valence-corrected chi connectivity index (χ4v) is 3.71. The van der Waals surface area contributed by atoms with Crippen LogP contribution in [0.2, 0.25) is 0 Å². The summed E-state index contributed by atoms with van der Waals surface area (Å²) in [4.78, 5) is 18.5. The highest BCUT2D eigenvalue weighted by atomic mass is 32.1. The summed E-state index contributed by atoms with van der Waals surface area (Å²) in [5, 5.41) is 3.93. The number of ether oxygens (including phenoxy) is 2. The maximum Gasteiger partial charge on any atom is 0.255 e. The number of nitrogens with zero attached hydrogens (tertiary/aromatic N) is 1. The van der Waals surface area contributed by atoms with Crippen molar-refractivity contribution in [1.82, 2.24) is 4.98 Å². The van der Waals surface area contributed by atoms with Gasteiger partial charge >= 0.3 is 0 Å². The van der Waals surface area contributed by atoms with Gasteiger partial charge in [-0.2, -0.15) is 0 Å². The van der Waals surface area contributed by atoms with Gasteiger partial charge in [0.2, 0.25) is 0 Å². The summed E-state index contributed by atoms with van der Waals surface area (Å²) in [7, 11) is 3.14. The van der Waals surface area contributed by atoms with Crippen molar-refractivity contribution in [2.75, 3.05) is 19.5 Å². The van der Waals surface area contributed by atoms with Gasteiger partial charge in [0.05, 0.1) is 30.6 Å². The maximum atomic E-state index is 12.6. The Labute approximate surface area is 163 Å². The lowest BCUT2D eigenvalue weighted by molar-refractivity contribution is 0.102. The molecule has 0 fully saturated rings. The number of amides is 1. The van der Waals surface area contributed by atoms with Crippen LogP contribution >= 0.6 is 11.3 Å². The van der Waals surface area contributed by atoms with E-state index in [0.29, 0.717) is 22.7 Å². The molecule has 0 atom stereocenters. The molecule has 2 aromatic carbocycles. The molecule has 1 aromatic heterocycles. The predicted molar refractivity (Wildman–Crippen MR) is 109 cm³/mol. The Bertz CT molecular complexity index is 949. The highest BCUT2D eigenvalue weighted by Gasteiger charge is 2.13. The number of rotatable bonds is 6. The van der Waals surface area contributed by atoms with E-state index < -0.39 is 0 Å². The van der Waals surface area contributed by atoms with Crippen molar-refractivity contribution < 1.29 is 14.3 Å². The fourth-order valence-electron chi connectivity index (χ4n) is 2.81. The van der Waals surface area contributed by atoms with Crippen LogP contribution < -0.4 is 14.8 Å². The van der Waals surface area contributed by atoms with Crippen molar-refractivity contribution in [3.63, 3.8) is 0 Å². The molecule has 6 heteroatoms. The molecule has 0 bridgehead atoms. The number of aryl methyl sites for hydroxylation is 2. The van der Waals surface area contributed by atoms with Gasteiger partial charge in [-0.3, -0.25) is 4.79 Å². The second-order valence-corrected chi connectivity index (χ2v) is 7.24. The van der Waals surface area contributed by atoms with Gasteiger partial charge in [-0.05, 0) is 37.6 Å². The number of anilines is 1. The van der Waals surface area contributed by atoms with Crippen LogP contribution in [0.3, 0.4) is 0 Å². The minimum absolute atomic E-state index is 0.199. The Hall–Kier alpha value is -2.86. The van der Waals surface area contributed by atoms with Gasteiger partial charge in [0.25, 0.3) is 5.91 Å². The van der Waals surface area contributed by atoms with Crippen molar-refractivity contribution in [2.24, 2.45) is 0 Å². The molecule has 1 amide bonds. The van der Waals surface area contributed by atoms with E-state index in [-0.39, 0.29) is 5.91 Å². The van der Waals surface area contributed by atoms with E-state index in [4.69, 9.17) is 9.47 Å². The summed E-state index contributed by atoms with van der Waals surface area (Å²) in [5.41, 5.74) is 3.19. The molecule has 0 saturated heterocycles. The maximum absolute atomic E-state index is 12.6. The summed E-state index contributed by atoms with van der Waals surface area (Å²) >= 11 is 1.71. The second kappa shape index (κ2) is 8.22. The fraction of sp³-hybridized carbons (Fsp3) is 0.238. The van der Waals surface area contributed by atoms with Crippen molar-refractivity contribution in [2.45, 2.75) is 20.3 Å². The molecule has 27 heavy (non-hydrogen) atoms. The zero-order valence-electron chi connectivity index (χ0n) is 15.8. The number of hydrogen-bond donors (Lipinski definition) is 1. The van der Waals surface area contributed by atoms with Crippen LogP contribution in [0.4, 0.5) is 5.69 Å². The molecule has 0 spiro atoms. The lowest BCUT2D eigenvalue weighted by Gasteiger charge is -2.12. The molecule has 0 saturated carbocycles.